The molecule has 0 saturated heterocycles. The second-order valence-corrected chi connectivity index (χ2v) is 4.13. The van der Waals surface area contributed by atoms with E-state index in [1.165, 1.54) is 31.7 Å². The van der Waals surface area contributed by atoms with Crippen LogP contribution in [0.1, 0.15) is 31.4 Å². The zero-order chi connectivity index (χ0) is 12.1. The van der Waals surface area contributed by atoms with Crippen molar-refractivity contribution in [3.8, 4) is 5.88 Å². The summed E-state index contributed by atoms with van der Waals surface area (Å²) >= 11 is 0. The fraction of sp³-hybridized carbons (Fsp3) is 0.545. The van der Waals surface area contributed by atoms with Gasteiger partial charge in [0, 0.05) is 12.4 Å². The maximum Gasteiger partial charge on any atom is 0.243 e. The van der Waals surface area contributed by atoms with E-state index in [0.717, 1.165) is 12.3 Å². The number of hydrogen-bond acceptors (Lipinski definition) is 5. The SMILES string of the molecule is NC(=NO)c1nccnc1OCCC1CCC1. The first-order valence-corrected chi connectivity index (χ1v) is 5.73. The minimum absolute atomic E-state index is 0.0863. The summed E-state index contributed by atoms with van der Waals surface area (Å²) in [5, 5.41) is 11.5. The Bertz CT molecular complexity index is 404. The number of nitrogens with zero attached hydrogens (tertiary/aromatic N) is 3. The summed E-state index contributed by atoms with van der Waals surface area (Å²) in [6.07, 6.45) is 7.92. The summed E-state index contributed by atoms with van der Waals surface area (Å²) in [6, 6.07) is 0. The molecular weight excluding hydrogens is 220 g/mol. The molecule has 2 rings (SSSR count). The maximum atomic E-state index is 8.61. The van der Waals surface area contributed by atoms with Gasteiger partial charge in [-0.25, -0.2) is 9.97 Å². The molecule has 1 aromatic rings. The first kappa shape index (κ1) is 11.6. The summed E-state index contributed by atoms with van der Waals surface area (Å²) in [6.45, 7) is 0.592. The van der Waals surface area contributed by atoms with Crippen molar-refractivity contribution in [2.45, 2.75) is 25.7 Å². The Labute approximate surface area is 99.5 Å². The Morgan fingerprint density at radius 2 is 2.24 bits per heavy atom. The van der Waals surface area contributed by atoms with Crippen molar-refractivity contribution in [1.82, 2.24) is 9.97 Å². The minimum atomic E-state index is -0.0863. The highest BCUT2D eigenvalue weighted by Crippen LogP contribution is 2.29. The smallest absolute Gasteiger partial charge is 0.243 e. The molecule has 1 heterocycles. The van der Waals surface area contributed by atoms with Gasteiger partial charge in [-0.05, 0) is 12.3 Å². The van der Waals surface area contributed by atoms with Gasteiger partial charge in [0.05, 0.1) is 6.61 Å². The van der Waals surface area contributed by atoms with Crippen LogP contribution >= 0.6 is 0 Å². The van der Waals surface area contributed by atoms with Crippen molar-refractivity contribution in [2.24, 2.45) is 16.8 Å². The highest BCUT2D eigenvalue weighted by Gasteiger charge is 2.18. The van der Waals surface area contributed by atoms with Gasteiger partial charge in [0.1, 0.15) is 0 Å². The standard InChI is InChI=1S/C11H16N4O2/c12-10(15-16)9-11(14-6-5-13-9)17-7-4-8-2-1-3-8/h5-6,8,16H,1-4,7H2,(H2,12,15). The lowest BCUT2D eigenvalue weighted by atomic mass is 9.83. The van der Waals surface area contributed by atoms with Crippen LogP contribution in [0.25, 0.3) is 0 Å². The average molecular weight is 236 g/mol. The molecule has 0 atom stereocenters. The van der Waals surface area contributed by atoms with E-state index >= 15 is 0 Å². The third-order valence-corrected chi connectivity index (χ3v) is 3.00. The van der Waals surface area contributed by atoms with E-state index in [4.69, 9.17) is 15.7 Å². The predicted octanol–water partition coefficient (Wildman–Crippen LogP) is 1.14. The number of hydrogen-bond donors (Lipinski definition) is 2. The molecule has 1 saturated carbocycles. The Hall–Kier alpha value is -1.85. The molecular formula is C11H16N4O2. The fourth-order valence-electron chi connectivity index (χ4n) is 1.76. The number of ether oxygens (including phenoxy) is 1. The third-order valence-electron chi connectivity index (χ3n) is 3.00. The van der Waals surface area contributed by atoms with Gasteiger partial charge in [-0.1, -0.05) is 24.4 Å². The molecule has 6 nitrogen and oxygen atoms in total. The van der Waals surface area contributed by atoms with Gasteiger partial charge in [0.2, 0.25) is 5.88 Å². The first-order valence-electron chi connectivity index (χ1n) is 5.73. The monoisotopic (exact) mass is 236 g/mol. The van der Waals surface area contributed by atoms with Gasteiger partial charge in [-0.2, -0.15) is 0 Å². The minimum Gasteiger partial charge on any atom is -0.476 e. The van der Waals surface area contributed by atoms with E-state index in [9.17, 15) is 0 Å². The molecule has 1 aliphatic rings. The summed E-state index contributed by atoms with van der Waals surface area (Å²) in [5.74, 6) is 1.01. The van der Waals surface area contributed by atoms with Crippen molar-refractivity contribution >= 4 is 5.84 Å². The molecule has 0 radical (unpaired) electrons. The zero-order valence-electron chi connectivity index (χ0n) is 9.54. The number of oxime groups is 1. The van der Waals surface area contributed by atoms with Crippen molar-refractivity contribution in [3.63, 3.8) is 0 Å². The van der Waals surface area contributed by atoms with Gasteiger partial charge in [-0.3, -0.25) is 0 Å². The summed E-state index contributed by atoms with van der Waals surface area (Å²) in [5.41, 5.74) is 5.76. The van der Waals surface area contributed by atoms with Gasteiger partial charge in [0.15, 0.2) is 11.5 Å². The van der Waals surface area contributed by atoms with Crippen LogP contribution in [0.5, 0.6) is 5.88 Å². The van der Waals surface area contributed by atoms with Crippen LogP contribution in [0.2, 0.25) is 0 Å². The van der Waals surface area contributed by atoms with E-state index in [0.29, 0.717) is 12.5 Å². The predicted molar refractivity (Wildman–Crippen MR) is 62.0 cm³/mol. The van der Waals surface area contributed by atoms with Crippen LogP contribution in [-0.2, 0) is 0 Å². The molecule has 3 N–H and O–H groups in total. The summed E-state index contributed by atoms with van der Waals surface area (Å²) in [7, 11) is 0. The molecule has 1 aromatic heterocycles. The Morgan fingerprint density at radius 1 is 1.47 bits per heavy atom. The van der Waals surface area contributed by atoms with Crippen molar-refractivity contribution in [2.75, 3.05) is 6.61 Å². The molecule has 0 aromatic carbocycles. The van der Waals surface area contributed by atoms with Crippen molar-refractivity contribution in [3.05, 3.63) is 18.1 Å². The van der Waals surface area contributed by atoms with Gasteiger partial charge >= 0.3 is 0 Å². The molecule has 0 amide bonds. The largest absolute Gasteiger partial charge is 0.476 e. The zero-order valence-corrected chi connectivity index (χ0v) is 9.54. The van der Waals surface area contributed by atoms with Crippen LogP contribution < -0.4 is 10.5 Å². The number of rotatable bonds is 5. The van der Waals surface area contributed by atoms with E-state index in [2.05, 4.69) is 15.1 Å². The highest BCUT2D eigenvalue weighted by atomic mass is 16.5. The van der Waals surface area contributed by atoms with Gasteiger partial charge < -0.3 is 15.7 Å². The van der Waals surface area contributed by atoms with Crippen LogP contribution in [0, 0.1) is 5.92 Å². The molecule has 0 unspecified atom stereocenters. The molecule has 0 aliphatic heterocycles. The summed E-state index contributed by atoms with van der Waals surface area (Å²) in [4.78, 5) is 8.01. The van der Waals surface area contributed by atoms with E-state index in [1.54, 1.807) is 0 Å². The molecule has 17 heavy (non-hydrogen) atoms. The van der Waals surface area contributed by atoms with Gasteiger partial charge in [-0.15, -0.1) is 0 Å². The fourth-order valence-corrected chi connectivity index (χ4v) is 1.76. The molecule has 1 fully saturated rings. The maximum absolute atomic E-state index is 8.61. The van der Waals surface area contributed by atoms with E-state index in [1.807, 2.05) is 0 Å². The third kappa shape index (κ3) is 2.83. The molecule has 1 aliphatic carbocycles. The lowest BCUT2D eigenvalue weighted by molar-refractivity contribution is 0.216. The van der Waals surface area contributed by atoms with Crippen LogP contribution in [0.15, 0.2) is 17.5 Å². The van der Waals surface area contributed by atoms with Crippen molar-refractivity contribution in [1.29, 1.82) is 0 Å². The van der Waals surface area contributed by atoms with Crippen LogP contribution in [0.3, 0.4) is 0 Å². The normalized spacial score (nSPS) is 16.6. The Balaban J connectivity index is 1.94. The Kier molecular flexibility index (Phi) is 3.74. The number of nitrogens with two attached hydrogens (primary N) is 1. The second kappa shape index (κ2) is 5.47. The average Bonchev–Trinajstić information content (AvgIpc) is 2.32. The van der Waals surface area contributed by atoms with E-state index in [-0.39, 0.29) is 11.5 Å². The number of aromatic nitrogens is 2. The molecule has 0 bridgehead atoms. The summed E-state index contributed by atoms with van der Waals surface area (Å²) < 4.78 is 5.52. The molecule has 0 spiro atoms. The van der Waals surface area contributed by atoms with Crippen LogP contribution in [0.4, 0.5) is 0 Å². The van der Waals surface area contributed by atoms with E-state index < -0.39 is 0 Å². The topological polar surface area (TPSA) is 93.6 Å². The highest BCUT2D eigenvalue weighted by molar-refractivity contribution is 5.97. The Morgan fingerprint density at radius 3 is 2.88 bits per heavy atom. The lowest BCUT2D eigenvalue weighted by Crippen LogP contribution is -2.19. The molecule has 6 heteroatoms. The second-order valence-electron chi connectivity index (χ2n) is 4.13. The van der Waals surface area contributed by atoms with Crippen LogP contribution in [-0.4, -0.2) is 27.6 Å². The quantitative estimate of drug-likeness (QED) is 0.346. The lowest BCUT2D eigenvalue weighted by Gasteiger charge is -2.24. The molecule has 92 valence electrons. The number of amidine groups is 1. The van der Waals surface area contributed by atoms with Gasteiger partial charge in [0.25, 0.3) is 0 Å². The first-order chi connectivity index (χ1) is 8.31. The van der Waals surface area contributed by atoms with Crippen molar-refractivity contribution < 1.29 is 9.94 Å².